The molecule has 0 aliphatic carbocycles. The molecule has 0 saturated carbocycles. The van der Waals surface area contributed by atoms with E-state index >= 15 is 0 Å². The minimum atomic E-state index is 0.296. The van der Waals surface area contributed by atoms with Gasteiger partial charge < -0.3 is 9.15 Å². The molecule has 0 fully saturated rings. The van der Waals surface area contributed by atoms with E-state index in [4.69, 9.17) is 20.8 Å². The van der Waals surface area contributed by atoms with Crippen LogP contribution in [0.15, 0.2) is 47.3 Å². The molecule has 1 aromatic carbocycles. The molecule has 0 radical (unpaired) electrons. The number of aromatic nitrogens is 6. The summed E-state index contributed by atoms with van der Waals surface area (Å²) < 4.78 is 15.0. The van der Waals surface area contributed by atoms with Gasteiger partial charge in [-0.1, -0.05) is 11.6 Å². The Morgan fingerprint density at radius 1 is 1.18 bits per heavy atom. The smallest absolute Gasteiger partial charge is 0.217 e. The molecule has 0 spiro atoms. The third-order valence-corrected chi connectivity index (χ3v) is 4.69. The zero-order valence-corrected chi connectivity index (χ0v) is 15.9. The summed E-state index contributed by atoms with van der Waals surface area (Å²) in [7, 11) is 1.84. The van der Waals surface area contributed by atoms with Gasteiger partial charge in [0.2, 0.25) is 5.82 Å². The lowest BCUT2D eigenvalue weighted by Crippen LogP contribution is -1.95. The summed E-state index contributed by atoms with van der Waals surface area (Å²) in [5, 5.41) is 10.2. The number of hydrogen-bond acceptors (Lipinski definition) is 6. The fraction of sp³-hybridized carbons (Fsp3) is 0.158. The van der Waals surface area contributed by atoms with Crippen LogP contribution in [0.5, 0.6) is 5.75 Å². The van der Waals surface area contributed by atoms with Gasteiger partial charge in [0.1, 0.15) is 24.4 Å². The average Bonchev–Trinajstić information content (AvgIpc) is 3.38. The van der Waals surface area contributed by atoms with Gasteiger partial charge in [0.05, 0.1) is 11.6 Å². The molecule has 0 unspecified atom stereocenters. The SMILES string of the molecule is Cc1cc(Cl)ccc1OCc1ccc(-c2nc3c4cnn(C)c4ncn3n2)o1. The highest BCUT2D eigenvalue weighted by atomic mass is 35.5. The number of ether oxygens (including phenoxy) is 1. The van der Waals surface area contributed by atoms with E-state index in [0.29, 0.717) is 34.6 Å². The monoisotopic (exact) mass is 394 g/mol. The van der Waals surface area contributed by atoms with Crippen LogP contribution in [-0.2, 0) is 13.7 Å². The average molecular weight is 395 g/mol. The molecule has 0 aliphatic rings. The van der Waals surface area contributed by atoms with Crippen molar-refractivity contribution in [3.63, 3.8) is 0 Å². The molecule has 8 nitrogen and oxygen atoms in total. The van der Waals surface area contributed by atoms with Crippen molar-refractivity contribution in [1.29, 1.82) is 0 Å². The van der Waals surface area contributed by atoms with Crippen LogP contribution in [-0.4, -0.2) is 29.4 Å². The fourth-order valence-electron chi connectivity index (χ4n) is 3.04. The van der Waals surface area contributed by atoms with Crippen LogP contribution in [0.4, 0.5) is 0 Å². The van der Waals surface area contributed by atoms with Crippen LogP contribution < -0.4 is 4.74 Å². The summed E-state index contributed by atoms with van der Waals surface area (Å²) in [5.74, 6) is 2.48. The summed E-state index contributed by atoms with van der Waals surface area (Å²) in [6.45, 7) is 2.24. The van der Waals surface area contributed by atoms with Crippen LogP contribution >= 0.6 is 11.6 Å². The maximum atomic E-state index is 5.98. The van der Waals surface area contributed by atoms with E-state index in [9.17, 15) is 0 Å². The Hall–Kier alpha value is -3.39. The van der Waals surface area contributed by atoms with Crippen LogP contribution in [0.1, 0.15) is 11.3 Å². The van der Waals surface area contributed by atoms with Gasteiger partial charge in [-0.3, -0.25) is 4.68 Å². The number of aryl methyl sites for hydroxylation is 2. The lowest BCUT2D eigenvalue weighted by atomic mass is 10.2. The first kappa shape index (κ1) is 16.8. The van der Waals surface area contributed by atoms with Gasteiger partial charge in [0.15, 0.2) is 17.1 Å². The van der Waals surface area contributed by atoms with E-state index in [1.807, 2.05) is 38.2 Å². The van der Waals surface area contributed by atoms with E-state index in [1.165, 1.54) is 0 Å². The van der Waals surface area contributed by atoms with Gasteiger partial charge in [0.25, 0.3) is 0 Å². The minimum absolute atomic E-state index is 0.296. The van der Waals surface area contributed by atoms with Crippen LogP contribution in [0, 0.1) is 6.92 Å². The van der Waals surface area contributed by atoms with Crippen molar-refractivity contribution in [2.75, 3.05) is 0 Å². The third kappa shape index (κ3) is 2.78. The molecule has 140 valence electrons. The second-order valence-corrected chi connectivity index (χ2v) is 6.85. The highest BCUT2D eigenvalue weighted by molar-refractivity contribution is 6.30. The van der Waals surface area contributed by atoms with Crippen molar-refractivity contribution in [1.82, 2.24) is 29.4 Å². The molecule has 5 aromatic rings. The second kappa shape index (κ2) is 6.35. The largest absolute Gasteiger partial charge is 0.485 e. The number of hydrogen-bond donors (Lipinski definition) is 0. The van der Waals surface area contributed by atoms with Gasteiger partial charge in [0, 0.05) is 12.1 Å². The van der Waals surface area contributed by atoms with Crippen molar-refractivity contribution in [2.45, 2.75) is 13.5 Å². The standard InChI is InChI=1S/C19H15ClN6O2/c1-11-7-12(20)3-5-15(11)27-9-13-4-6-16(28-13)17-23-19-14-8-22-25(2)18(14)21-10-26(19)24-17/h3-8,10H,9H2,1-2H3. The molecule has 0 aliphatic heterocycles. The van der Waals surface area contributed by atoms with Crippen molar-refractivity contribution in [2.24, 2.45) is 7.05 Å². The van der Waals surface area contributed by atoms with E-state index in [-0.39, 0.29) is 0 Å². The lowest BCUT2D eigenvalue weighted by molar-refractivity contribution is 0.270. The summed E-state index contributed by atoms with van der Waals surface area (Å²) in [4.78, 5) is 8.95. The van der Waals surface area contributed by atoms with Gasteiger partial charge in [-0.25, -0.2) is 14.5 Å². The molecular formula is C19H15ClN6O2. The van der Waals surface area contributed by atoms with E-state index in [2.05, 4.69) is 20.2 Å². The minimum Gasteiger partial charge on any atom is -0.485 e. The highest BCUT2D eigenvalue weighted by Gasteiger charge is 2.15. The van der Waals surface area contributed by atoms with Gasteiger partial charge in [-0.2, -0.15) is 5.10 Å². The normalized spacial score (nSPS) is 11.5. The Morgan fingerprint density at radius 2 is 2.07 bits per heavy atom. The number of rotatable bonds is 4. The molecule has 9 heteroatoms. The van der Waals surface area contributed by atoms with Crippen LogP contribution in [0.3, 0.4) is 0 Å². The Morgan fingerprint density at radius 3 is 2.93 bits per heavy atom. The van der Waals surface area contributed by atoms with Crippen molar-refractivity contribution in [3.05, 3.63) is 59.2 Å². The first-order valence-electron chi connectivity index (χ1n) is 8.59. The Bertz CT molecular complexity index is 1320. The molecular weight excluding hydrogens is 380 g/mol. The number of halogens is 1. The Kier molecular flexibility index (Phi) is 3.80. The predicted octanol–water partition coefficient (Wildman–Crippen LogP) is 3.81. The molecule has 0 amide bonds. The summed E-state index contributed by atoms with van der Waals surface area (Å²) in [5.41, 5.74) is 2.40. The fourth-order valence-corrected chi connectivity index (χ4v) is 3.27. The maximum Gasteiger partial charge on any atom is 0.217 e. The van der Waals surface area contributed by atoms with Gasteiger partial charge >= 0.3 is 0 Å². The zero-order chi connectivity index (χ0) is 19.3. The third-order valence-electron chi connectivity index (χ3n) is 4.46. The number of benzene rings is 1. The van der Waals surface area contributed by atoms with Crippen molar-refractivity contribution >= 4 is 28.3 Å². The summed E-state index contributed by atoms with van der Waals surface area (Å²) in [6, 6.07) is 9.18. The van der Waals surface area contributed by atoms with Crippen molar-refractivity contribution in [3.8, 4) is 17.3 Å². The number of furan rings is 1. The van der Waals surface area contributed by atoms with Gasteiger partial charge in [-0.15, -0.1) is 5.10 Å². The molecule has 0 saturated heterocycles. The van der Waals surface area contributed by atoms with Crippen molar-refractivity contribution < 1.29 is 9.15 Å². The summed E-state index contributed by atoms with van der Waals surface area (Å²) in [6.07, 6.45) is 3.35. The van der Waals surface area contributed by atoms with Gasteiger partial charge in [-0.05, 0) is 42.8 Å². The number of nitrogens with zero attached hydrogens (tertiary/aromatic N) is 6. The van der Waals surface area contributed by atoms with E-state index < -0.39 is 0 Å². The lowest BCUT2D eigenvalue weighted by Gasteiger charge is -2.07. The highest BCUT2D eigenvalue weighted by Crippen LogP contribution is 2.25. The molecule has 4 aromatic heterocycles. The van der Waals surface area contributed by atoms with E-state index in [1.54, 1.807) is 27.8 Å². The maximum absolute atomic E-state index is 5.98. The summed E-state index contributed by atoms with van der Waals surface area (Å²) >= 11 is 5.98. The molecule has 28 heavy (non-hydrogen) atoms. The molecule has 0 bridgehead atoms. The molecule has 0 N–H and O–H groups in total. The first-order chi connectivity index (χ1) is 13.6. The number of fused-ring (bicyclic) bond motifs is 3. The van der Waals surface area contributed by atoms with Crippen LogP contribution in [0.25, 0.3) is 28.3 Å². The molecule has 5 rings (SSSR count). The topological polar surface area (TPSA) is 83.3 Å². The Labute approximate surface area is 164 Å². The van der Waals surface area contributed by atoms with Crippen LogP contribution in [0.2, 0.25) is 5.02 Å². The molecule has 4 heterocycles. The Balaban J connectivity index is 1.41. The zero-order valence-electron chi connectivity index (χ0n) is 15.1. The second-order valence-electron chi connectivity index (χ2n) is 6.42. The predicted molar refractivity (Wildman–Crippen MR) is 103 cm³/mol. The molecule has 0 atom stereocenters. The van der Waals surface area contributed by atoms with E-state index in [0.717, 1.165) is 22.3 Å². The quantitative estimate of drug-likeness (QED) is 0.461. The first-order valence-corrected chi connectivity index (χ1v) is 8.97.